The second-order valence-electron chi connectivity index (χ2n) is 4.99. The molecular formula is C13H16ClNO2. The van der Waals surface area contributed by atoms with E-state index < -0.39 is 0 Å². The number of hydrogen-bond donors (Lipinski definition) is 1. The summed E-state index contributed by atoms with van der Waals surface area (Å²) in [6, 6.07) is 3.96. The molecule has 1 unspecified atom stereocenters. The van der Waals surface area contributed by atoms with Crippen LogP contribution in [0.5, 0.6) is 5.75 Å². The second kappa shape index (κ2) is 4.16. The fraction of sp³-hybridized carbons (Fsp3) is 0.538. The summed E-state index contributed by atoms with van der Waals surface area (Å²) < 4.78 is 11.1. The largest absolute Gasteiger partial charge is 0.493 e. The van der Waals surface area contributed by atoms with Gasteiger partial charge in [-0.1, -0.05) is 11.6 Å². The minimum absolute atomic E-state index is 0.260. The Morgan fingerprint density at radius 1 is 1.35 bits per heavy atom. The third-order valence-electron chi connectivity index (χ3n) is 3.50. The molecule has 4 heteroatoms. The van der Waals surface area contributed by atoms with Crippen molar-refractivity contribution in [1.29, 1.82) is 0 Å². The van der Waals surface area contributed by atoms with Gasteiger partial charge < -0.3 is 15.2 Å². The average Bonchev–Trinajstić information content (AvgIpc) is 2.86. The number of rotatable bonds is 2. The Hall–Kier alpha value is -0.770. The molecule has 17 heavy (non-hydrogen) atoms. The van der Waals surface area contributed by atoms with Crippen molar-refractivity contribution in [2.45, 2.75) is 24.8 Å². The van der Waals surface area contributed by atoms with E-state index >= 15 is 0 Å². The minimum Gasteiger partial charge on any atom is -0.493 e. The van der Waals surface area contributed by atoms with Crippen LogP contribution in [0.4, 0.5) is 0 Å². The molecular weight excluding hydrogens is 238 g/mol. The highest BCUT2D eigenvalue weighted by atomic mass is 35.5. The first kappa shape index (κ1) is 11.3. The SMILES string of the molecule is NC1(Cc2cc(Cl)cc3c2OCC3)CCOC1. The molecule has 1 fully saturated rings. The van der Waals surface area contributed by atoms with Gasteiger partial charge in [-0.3, -0.25) is 0 Å². The van der Waals surface area contributed by atoms with E-state index in [1.165, 1.54) is 5.56 Å². The summed E-state index contributed by atoms with van der Waals surface area (Å²) in [5.41, 5.74) is 8.38. The molecule has 2 heterocycles. The summed E-state index contributed by atoms with van der Waals surface area (Å²) >= 11 is 6.13. The van der Waals surface area contributed by atoms with Crippen LogP contribution < -0.4 is 10.5 Å². The molecule has 0 bridgehead atoms. The Bertz CT molecular complexity index is 441. The summed E-state index contributed by atoms with van der Waals surface area (Å²) in [6.45, 7) is 2.12. The van der Waals surface area contributed by atoms with E-state index in [0.29, 0.717) is 6.61 Å². The van der Waals surface area contributed by atoms with E-state index in [1.54, 1.807) is 0 Å². The molecule has 92 valence electrons. The normalized spacial score (nSPS) is 26.9. The van der Waals surface area contributed by atoms with Crippen molar-refractivity contribution in [2.24, 2.45) is 5.73 Å². The molecule has 0 spiro atoms. The molecule has 2 N–H and O–H groups in total. The van der Waals surface area contributed by atoms with Gasteiger partial charge in [-0.25, -0.2) is 0 Å². The van der Waals surface area contributed by atoms with Crippen LogP contribution in [0.3, 0.4) is 0 Å². The zero-order chi connectivity index (χ0) is 11.9. The molecule has 0 aromatic heterocycles. The Labute approximate surface area is 106 Å². The van der Waals surface area contributed by atoms with Crippen molar-refractivity contribution >= 4 is 11.6 Å². The Morgan fingerprint density at radius 2 is 2.24 bits per heavy atom. The fourth-order valence-corrected chi connectivity index (χ4v) is 2.88. The van der Waals surface area contributed by atoms with Gasteiger partial charge in [-0.15, -0.1) is 0 Å². The lowest BCUT2D eigenvalue weighted by atomic mass is 9.90. The number of ether oxygens (including phenoxy) is 2. The number of halogens is 1. The van der Waals surface area contributed by atoms with E-state index in [0.717, 1.165) is 48.8 Å². The van der Waals surface area contributed by atoms with Gasteiger partial charge in [0.1, 0.15) is 5.75 Å². The van der Waals surface area contributed by atoms with Gasteiger partial charge in [0, 0.05) is 23.6 Å². The molecule has 1 atom stereocenters. The third kappa shape index (κ3) is 2.15. The quantitative estimate of drug-likeness (QED) is 0.876. The van der Waals surface area contributed by atoms with Gasteiger partial charge in [0.25, 0.3) is 0 Å². The monoisotopic (exact) mass is 253 g/mol. The van der Waals surface area contributed by atoms with Gasteiger partial charge in [-0.05, 0) is 36.1 Å². The first-order valence-corrected chi connectivity index (χ1v) is 6.35. The van der Waals surface area contributed by atoms with Crippen LogP contribution in [-0.4, -0.2) is 25.4 Å². The summed E-state index contributed by atoms with van der Waals surface area (Å²) in [5, 5.41) is 0.770. The number of fused-ring (bicyclic) bond motifs is 1. The first-order valence-electron chi connectivity index (χ1n) is 5.97. The highest BCUT2D eigenvalue weighted by Crippen LogP contribution is 2.35. The Balaban J connectivity index is 1.92. The zero-order valence-corrected chi connectivity index (χ0v) is 10.4. The Morgan fingerprint density at radius 3 is 3.00 bits per heavy atom. The summed E-state index contributed by atoms with van der Waals surface area (Å²) in [7, 11) is 0. The van der Waals surface area contributed by atoms with Gasteiger partial charge in [0.2, 0.25) is 0 Å². The maximum absolute atomic E-state index is 6.31. The fourth-order valence-electron chi connectivity index (χ4n) is 2.62. The predicted molar refractivity (Wildman–Crippen MR) is 66.7 cm³/mol. The van der Waals surface area contributed by atoms with Crippen molar-refractivity contribution < 1.29 is 9.47 Å². The number of hydrogen-bond acceptors (Lipinski definition) is 3. The lowest BCUT2D eigenvalue weighted by Gasteiger charge is -2.23. The number of nitrogens with two attached hydrogens (primary N) is 1. The zero-order valence-electron chi connectivity index (χ0n) is 9.67. The predicted octanol–water partition coefficient (Wildman–Crippen LogP) is 1.94. The molecule has 1 aromatic rings. The molecule has 1 aromatic carbocycles. The standard InChI is InChI=1S/C13H16ClNO2/c14-11-5-9-1-3-17-12(9)10(6-11)7-13(15)2-4-16-8-13/h5-6H,1-4,7-8,15H2. The third-order valence-corrected chi connectivity index (χ3v) is 3.72. The van der Waals surface area contributed by atoms with Crippen LogP contribution in [0.25, 0.3) is 0 Å². The molecule has 0 aliphatic carbocycles. The van der Waals surface area contributed by atoms with E-state index in [-0.39, 0.29) is 5.54 Å². The minimum atomic E-state index is -0.260. The lowest BCUT2D eigenvalue weighted by molar-refractivity contribution is 0.178. The van der Waals surface area contributed by atoms with Gasteiger partial charge in [0.15, 0.2) is 0 Å². The van der Waals surface area contributed by atoms with Gasteiger partial charge in [-0.2, -0.15) is 0 Å². The van der Waals surface area contributed by atoms with Crippen LogP contribution in [0.1, 0.15) is 17.5 Å². The summed E-state index contributed by atoms with van der Waals surface area (Å²) in [4.78, 5) is 0. The van der Waals surface area contributed by atoms with E-state index in [1.807, 2.05) is 12.1 Å². The van der Waals surface area contributed by atoms with Crippen molar-refractivity contribution in [1.82, 2.24) is 0 Å². The van der Waals surface area contributed by atoms with Crippen molar-refractivity contribution in [3.63, 3.8) is 0 Å². The lowest BCUT2D eigenvalue weighted by Crippen LogP contribution is -2.42. The van der Waals surface area contributed by atoms with E-state index in [9.17, 15) is 0 Å². The number of benzene rings is 1. The van der Waals surface area contributed by atoms with Crippen molar-refractivity contribution in [3.8, 4) is 5.75 Å². The highest BCUT2D eigenvalue weighted by Gasteiger charge is 2.32. The molecule has 0 saturated carbocycles. The Kier molecular flexibility index (Phi) is 2.77. The maximum Gasteiger partial charge on any atom is 0.125 e. The highest BCUT2D eigenvalue weighted by molar-refractivity contribution is 6.30. The van der Waals surface area contributed by atoms with Crippen molar-refractivity contribution in [3.05, 3.63) is 28.3 Å². The molecule has 3 nitrogen and oxygen atoms in total. The molecule has 0 radical (unpaired) electrons. The van der Waals surface area contributed by atoms with Crippen LogP contribution in [0.15, 0.2) is 12.1 Å². The molecule has 1 saturated heterocycles. The van der Waals surface area contributed by atoms with Gasteiger partial charge in [0.05, 0.1) is 13.2 Å². The van der Waals surface area contributed by atoms with Gasteiger partial charge >= 0.3 is 0 Å². The van der Waals surface area contributed by atoms with Crippen LogP contribution >= 0.6 is 11.6 Å². The van der Waals surface area contributed by atoms with Crippen LogP contribution in [-0.2, 0) is 17.6 Å². The summed E-state index contributed by atoms with van der Waals surface area (Å²) in [6.07, 6.45) is 2.61. The summed E-state index contributed by atoms with van der Waals surface area (Å²) in [5.74, 6) is 0.992. The maximum atomic E-state index is 6.31. The second-order valence-corrected chi connectivity index (χ2v) is 5.43. The van der Waals surface area contributed by atoms with Crippen LogP contribution in [0.2, 0.25) is 5.02 Å². The van der Waals surface area contributed by atoms with E-state index in [2.05, 4.69) is 0 Å². The van der Waals surface area contributed by atoms with E-state index in [4.69, 9.17) is 26.8 Å². The molecule has 2 aliphatic heterocycles. The smallest absolute Gasteiger partial charge is 0.125 e. The molecule has 2 aliphatic rings. The van der Waals surface area contributed by atoms with Crippen molar-refractivity contribution in [2.75, 3.05) is 19.8 Å². The first-order chi connectivity index (χ1) is 8.16. The molecule has 0 amide bonds. The average molecular weight is 254 g/mol. The molecule has 3 rings (SSSR count). The topological polar surface area (TPSA) is 44.5 Å². The van der Waals surface area contributed by atoms with Crippen LogP contribution in [0, 0.1) is 0 Å².